The Hall–Kier alpha value is -2.53. The molecule has 6 heteroatoms. The molecule has 1 aliphatic heterocycles. The molecule has 2 aromatic rings. The second-order valence-electron chi connectivity index (χ2n) is 6.25. The van der Waals surface area contributed by atoms with Crippen LogP contribution in [0.1, 0.15) is 18.1 Å². The Labute approximate surface area is 157 Å². The van der Waals surface area contributed by atoms with Crippen LogP contribution in [0.25, 0.3) is 0 Å². The minimum absolute atomic E-state index is 0.228. The van der Waals surface area contributed by atoms with Gasteiger partial charge in [-0.3, -0.25) is 9.59 Å². The molecule has 3 rings (SSSR count). The van der Waals surface area contributed by atoms with Crippen LogP contribution < -0.4 is 10.1 Å². The van der Waals surface area contributed by atoms with Crippen molar-refractivity contribution in [3.05, 3.63) is 64.7 Å². The summed E-state index contributed by atoms with van der Waals surface area (Å²) in [4.78, 5) is 24.5. The first-order valence-corrected chi connectivity index (χ1v) is 8.84. The van der Waals surface area contributed by atoms with Gasteiger partial charge >= 0.3 is 5.97 Å². The van der Waals surface area contributed by atoms with Crippen LogP contribution in [-0.4, -0.2) is 24.6 Å². The van der Waals surface area contributed by atoms with Gasteiger partial charge in [0.25, 0.3) is 5.91 Å². The number of hydrogen-bond acceptors (Lipinski definition) is 4. The molecule has 136 valence electrons. The molecule has 1 aliphatic rings. The van der Waals surface area contributed by atoms with Crippen molar-refractivity contribution in [3.63, 3.8) is 0 Å². The van der Waals surface area contributed by atoms with Gasteiger partial charge in [-0.1, -0.05) is 41.9 Å². The van der Waals surface area contributed by atoms with Crippen molar-refractivity contribution in [1.82, 2.24) is 5.32 Å². The molecule has 26 heavy (non-hydrogen) atoms. The molecule has 1 N–H and O–H groups in total. The summed E-state index contributed by atoms with van der Waals surface area (Å²) in [6, 6.07) is 14.9. The number of carbonyl (C=O) groups is 2. The number of halogens is 1. The summed E-state index contributed by atoms with van der Waals surface area (Å²) in [5, 5.41) is 3.36. The fraction of sp³-hybridized carbons (Fsp3) is 0.300. The molecule has 2 aromatic carbocycles. The van der Waals surface area contributed by atoms with E-state index >= 15 is 0 Å². The Bertz CT molecular complexity index is 794. The zero-order valence-corrected chi connectivity index (χ0v) is 15.2. The third-order valence-electron chi connectivity index (χ3n) is 4.23. The maximum absolute atomic E-state index is 12.4. The van der Waals surface area contributed by atoms with Crippen molar-refractivity contribution in [2.75, 3.05) is 6.61 Å². The van der Waals surface area contributed by atoms with Crippen LogP contribution in [0.4, 0.5) is 0 Å². The fourth-order valence-corrected chi connectivity index (χ4v) is 2.96. The van der Waals surface area contributed by atoms with Crippen molar-refractivity contribution < 1.29 is 19.1 Å². The van der Waals surface area contributed by atoms with Crippen LogP contribution >= 0.6 is 11.6 Å². The van der Waals surface area contributed by atoms with Crippen LogP contribution in [0.5, 0.6) is 5.75 Å². The van der Waals surface area contributed by atoms with Gasteiger partial charge in [-0.05, 0) is 42.7 Å². The van der Waals surface area contributed by atoms with E-state index in [-0.39, 0.29) is 12.5 Å². The molecule has 0 saturated heterocycles. The van der Waals surface area contributed by atoms with E-state index in [9.17, 15) is 9.59 Å². The van der Waals surface area contributed by atoms with Gasteiger partial charge in [-0.25, -0.2) is 0 Å². The molecule has 0 radical (unpaired) electrons. The smallest absolute Gasteiger partial charge is 0.313 e. The van der Waals surface area contributed by atoms with Gasteiger partial charge in [0.05, 0.1) is 5.92 Å². The minimum Gasteiger partial charge on any atom is -0.492 e. The van der Waals surface area contributed by atoms with Gasteiger partial charge in [-0.15, -0.1) is 0 Å². The molecular formula is C20H20ClNO4. The predicted molar refractivity (Wildman–Crippen MR) is 98.0 cm³/mol. The largest absolute Gasteiger partial charge is 0.492 e. The number of amides is 1. The summed E-state index contributed by atoms with van der Waals surface area (Å²) in [5.74, 6) is -0.502. The molecule has 2 atom stereocenters. The highest BCUT2D eigenvalue weighted by Crippen LogP contribution is 2.30. The second-order valence-corrected chi connectivity index (χ2v) is 6.68. The van der Waals surface area contributed by atoms with Crippen molar-refractivity contribution >= 4 is 23.5 Å². The summed E-state index contributed by atoms with van der Waals surface area (Å²) in [5.41, 5.74) is 1.85. The maximum Gasteiger partial charge on any atom is 0.313 e. The lowest BCUT2D eigenvalue weighted by atomic mass is 9.97. The van der Waals surface area contributed by atoms with Gasteiger partial charge in [0.2, 0.25) is 0 Å². The Morgan fingerprint density at radius 2 is 2.04 bits per heavy atom. The lowest BCUT2D eigenvalue weighted by Crippen LogP contribution is -2.38. The summed E-state index contributed by atoms with van der Waals surface area (Å²) in [7, 11) is 0. The zero-order chi connectivity index (χ0) is 18.5. The first-order chi connectivity index (χ1) is 12.5. The number of esters is 1. The number of carbonyl (C=O) groups excluding carboxylic acids is 2. The van der Waals surface area contributed by atoms with E-state index in [1.165, 1.54) is 0 Å². The molecular weight excluding hydrogens is 354 g/mol. The van der Waals surface area contributed by atoms with Gasteiger partial charge in [0, 0.05) is 11.6 Å². The van der Waals surface area contributed by atoms with Gasteiger partial charge in [0.1, 0.15) is 12.4 Å². The maximum atomic E-state index is 12.4. The van der Waals surface area contributed by atoms with Crippen molar-refractivity contribution in [2.24, 2.45) is 5.92 Å². The minimum atomic E-state index is -0.869. The lowest BCUT2D eigenvalue weighted by molar-refractivity contribution is -0.160. The Kier molecular flexibility index (Phi) is 5.78. The highest BCUT2D eigenvalue weighted by Gasteiger charge is 2.29. The molecule has 0 fully saturated rings. The number of nitrogens with one attached hydrogen (secondary N) is 1. The Balaban J connectivity index is 1.51. The van der Waals surface area contributed by atoms with Gasteiger partial charge in [0.15, 0.2) is 6.10 Å². The molecule has 1 heterocycles. The van der Waals surface area contributed by atoms with Gasteiger partial charge < -0.3 is 14.8 Å². The molecule has 1 amide bonds. The standard InChI is InChI=1S/C20H20ClNO4/c1-13(19(23)22-11-14-5-3-2-4-6-14)26-20(24)16-9-15-10-17(21)7-8-18(15)25-12-16/h2-8,10,13,16H,9,11-12H2,1H3,(H,22,23)/t13-,16-/m1/s1. The molecule has 0 aromatic heterocycles. The number of hydrogen-bond donors (Lipinski definition) is 1. The number of rotatable bonds is 5. The highest BCUT2D eigenvalue weighted by atomic mass is 35.5. The third-order valence-corrected chi connectivity index (χ3v) is 4.47. The summed E-state index contributed by atoms with van der Waals surface area (Å²) >= 11 is 5.99. The van der Waals surface area contributed by atoms with E-state index in [1.54, 1.807) is 25.1 Å². The SMILES string of the molecule is C[C@@H](OC(=O)[C@H]1COc2ccc(Cl)cc2C1)C(=O)NCc1ccccc1. The van der Waals surface area contributed by atoms with Crippen LogP contribution in [0.15, 0.2) is 48.5 Å². The van der Waals surface area contributed by atoms with Gasteiger partial charge in [-0.2, -0.15) is 0 Å². The first-order valence-electron chi connectivity index (χ1n) is 8.46. The van der Waals surface area contributed by atoms with E-state index in [0.717, 1.165) is 16.9 Å². The Morgan fingerprint density at radius 1 is 1.27 bits per heavy atom. The summed E-state index contributed by atoms with van der Waals surface area (Å²) in [6.07, 6.45) is -0.389. The van der Waals surface area contributed by atoms with Crippen LogP contribution in [-0.2, 0) is 27.3 Å². The van der Waals surface area contributed by atoms with E-state index < -0.39 is 18.0 Å². The van der Waals surface area contributed by atoms with Crippen LogP contribution in [0, 0.1) is 5.92 Å². The van der Waals surface area contributed by atoms with Crippen molar-refractivity contribution in [1.29, 1.82) is 0 Å². The highest BCUT2D eigenvalue weighted by molar-refractivity contribution is 6.30. The first kappa shape index (κ1) is 18.3. The number of ether oxygens (including phenoxy) is 2. The quantitative estimate of drug-likeness (QED) is 0.818. The number of fused-ring (bicyclic) bond motifs is 1. The second kappa shape index (κ2) is 8.23. The average Bonchev–Trinajstić information content (AvgIpc) is 2.66. The lowest BCUT2D eigenvalue weighted by Gasteiger charge is -2.25. The number of benzene rings is 2. The Morgan fingerprint density at radius 3 is 2.81 bits per heavy atom. The van der Waals surface area contributed by atoms with E-state index in [0.29, 0.717) is 18.0 Å². The van der Waals surface area contributed by atoms with E-state index in [4.69, 9.17) is 21.1 Å². The topological polar surface area (TPSA) is 64.6 Å². The molecule has 5 nitrogen and oxygen atoms in total. The predicted octanol–water partition coefficient (Wildman–Crippen LogP) is 3.14. The molecule has 0 bridgehead atoms. The summed E-state index contributed by atoms with van der Waals surface area (Å²) in [6.45, 7) is 2.18. The normalized spacial score (nSPS) is 16.8. The van der Waals surface area contributed by atoms with Crippen LogP contribution in [0.2, 0.25) is 5.02 Å². The van der Waals surface area contributed by atoms with Crippen molar-refractivity contribution in [2.45, 2.75) is 26.0 Å². The van der Waals surface area contributed by atoms with E-state index in [2.05, 4.69) is 5.32 Å². The van der Waals surface area contributed by atoms with Crippen LogP contribution in [0.3, 0.4) is 0 Å². The molecule has 0 spiro atoms. The third kappa shape index (κ3) is 4.55. The monoisotopic (exact) mass is 373 g/mol. The van der Waals surface area contributed by atoms with E-state index in [1.807, 2.05) is 30.3 Å². The zero-order valence-electron chi connectivity index (χ0n) is 14.4. The van der Waals surface area contributed by atoms with Crippen molar-refractivity contribution in [3.8, 4) is 5.75 Å². The summed E-state index contributed by atoms with van der Waals surface area (Å²) < 4.78 is 10.9. The fourth-order valence-electron chi connectivity index (χ4n) is 2.77. The molecule has 0 saturated carbocycles. The average molecular weight is 374 g/mol. The molecule has 0 unspecified atom stereocenters. The molecule has 0 aliphatic carbocycles.